The third-order valence-corrected chi connectivity index (χ3v) is 5.90. The van der Waals surface area contributed by atoms with Crippen LogP contribution in [0.5, 0.6) is 0 Å². The van der Waals surface area contributed by atoms with Crippen LogP contribution in [0.1, 0.15) is 29.6 Å². The van der Waals surface area contributed by atoms with Gasteiger partial charge in [0.25, 0.3) is 5.91 Å². The third-order valence-electron chi connectivity index (χ3n) is 4.48. The van der Waals surface area contributed by atoms with Gasteiger partial charge >= 0.3 is 0 Å². The largest absolute Gasteiger partial charge is 0.355 e. The van der Waals surface area contributed by atoms with E-state index in [4.69, 9.17) is 6.42 Å². The van der Waals surface area contributed by atoms with Crippen LogP contribution < -0.4 is 14.9 Å². The number of carbonyl (C=O) groups is 1. The highest BCUT2D eigenvalue weighted by Gasteiger charge is 2.18. The van der Waals surface area contributed by atoms with Crippen LogP contribution in [0.15, 0.2) is 47.5 Å². The van der Waals surface area contributed by atoms with Crippen molar-refractivity contribution >= 4 is 27.4 Å². The van der Waals surface area contributed by atoms with Crippen molar-refractivity contribution in [3.05, 3.63) is 48.2 Å². The van der Waals surface area contributed by atoms with Gasteiger partial charge in [-0.3, -0.25) is 4.79 Å². The molecular formula is C20H22N4O3S. The van der Waals surface area contributed by atoms with E-state index in [2.05, 4.69) is 25.8 Å². The predicted octanol–water partition coefficient (Wildman–Crippen LogP) is 2.24. The third kappa shape index (κ3) is 4.68. The Morgan fingerprint density at radius 3 is 2.54 bits per heavy atom. The molecule has 7 nitrogen and oxygen atoms in total. The first-order chi connectivity index (χ1) is 13.5. The first-order valence-corrected chi connectivity index (χ1v) is 10.5. The monoisotopic (exact) mass is 398 g/mol. The van der Waals surface area contributed by atoms with Gasteiger partial charge in [-0.05, 0) is 55.7 Å². The zero-order chi connectivity index (χ0) is 20.0. The van der Waals surface area contributed by atoms with Crippen LogP contribution in [-0.4, -0.2) is 38.9 Å². The van der Waals surface area contributed by atoms with Crippen LogP contribution in [0.3, 0.4) is 0 Å². The lowest BCUT2D eigenvalue weighted by Crippen LogP contribution is -2.31. The maximum Gasteiger partial charge on any atom is 0.255 e. The predicted molar refractivity (Wildman–Crippen MR) is 109 cm³/mol. The van der Waals surface area contributed by atoms with Crippen LogP contribution in [0, 0.1) is 12.3 Å². The number of nitrogens with one attached hydrogen (secondary N) is 2. The molecule has 8 heteroatoms. The zero-order valence-corrected chi connectivity index (χ0v) is 16.2. The number of benzene rings is 1. The lowest BCUT2D eigenvalue weighted by atomic mass is 10.1. The second-order valence-electron chi connectivity index (χ2n) is 6.43. The molecule has 1 aromatic carbocycles. The SMILES string of the molecule is C#CCNS(=O)(=O)c1ccc(C(=O)Nc2cccnc2N2CCCCC2)cc1. The van der Waals surface area contributed by atoms with Crippen molar-refractivity contribution in [3.8, 4) is 12.3 Å². The number of hydrogen-bond donors (Lipinski definition) is 2. The molecule has 28 heavy (non-hydrogen) atoms. The zero-order valence-electron chi connectivity index (χ0n) is 15.4. The van der Waals surface area contributed by atoms with Gasteiger partial charge in [0.1, 0.15) is 0 Å². The maximum absolute atomic E-state index is 12.6. The fourth-order valence-corrected chi connectivity index (χ4v) is 3.99. The van der Waals surface area contributed by atoms with Crippen molar-refractivity contribution in [2.45, 2.75) is 24.2 Å². The number of terminal acetylenes is 1. The topological polar surface area (TPSA) is 91.4 Å². The minimum atomic E-state index is -3.69. The van der Waals surface area contributed by atoms with E-state index in [-0.39, 0.29) is 17.3 Å². The van der Waals surface area contributed by atoms with Gasteiger partial charge in [0.2, 0.25) is 10.0 Å². The van der Waals surface area contributed by atoms with Gasteiger partial charge < -0.3 is 10.2 Å². The van der Waals surface area contributed by atoms with Gasteiger partial charge in [0.15, 0.2) is 5.82 Å². The van der Waals surface area contributed by atoms with E-state index in [9.17, 15) is 13.2 Å². The Morgan fingerprint density at radius 2 is 1.86 bits per heavy atom. The van der Waals surface area contributed by atoms with Crippen LogP contribution in [0.2, 0.25) is 0 Å². The summed E-state index contributed by atoms with van der Waals surface area (Å²) < 4.78 is 26.4. The van der Waals surface area contributed by atoms with E-state index < -0.39 is 10.0 Å². The van der Waals surface area contributed by atoms with Crippen molar-refractivity contribution in [1.82, 2.24) is 9.71 Å². The fourth-order valence-electron chi connectivity index (χ4n) is 3.05. The number of aromatic nitrogens is 1. The number of carbonyl (C=O) groups excluding carboxylic acids is 1. The van der Waals surface area contributed by atoms with E-state index in [1.54, 1.807) is 12.3 Å². The maximum atomic E-state index is 12.6. The summed E-state index contributed by atoms with van der Waals surface area (Å²) >= 11 is 0. The Kier molecular flexibility index (Phi) is 6.29. The van der Waals surface area contributed by atoms with E-state index in [0.717, 1.165) is 31.7 Å². The van der Waals surface area contributed by atoms with Crippen molar-refractivity contribution < 1.29 is 13.2 Å². The number of pyridine rings is 1. The van der Waals surface area contributed by atoms with Gasteiger partial charge in [-0.2, -0.15) is 4.72 Å². The molecule has 1 aromatic heterocycles. The molecule has 0 atom stereocenters. The normalized spacial score (nSPS) is 14.3. The summed E-state index contributed by atoms with van der Waals surface area (Å²) in [5.41, 5.74) is 0.992. The van der Waals surface area contributed by atoms with E-state index in [1.807, 2.05) is 6.07 Å². The van der Waals surface area contributed by atoms with E-state index >= 15 is 0 Å². The molecule has 1 saturated heterocycles. The molecule has 0 unspecified atom stereocenters. The van der Waals surface area contributed by atoms with Gasteiger partial charge in [-0.25, -0.2) is 13.4 Å². The highest BCUT2D eigenvalue weighted by molar-refractivity contribution is 7.89. The second kappa shape index (κ2) is 8.87. The Labute approximate surface area is 165 Å². The van der Waals surface area contributed by atoms with Crippen LogP contribution in [0.4, 0.5) is 11.5 Å². The lowest BCUT2D eigenvalue weighted by Gasteiger charge is -2.29. The van der Waals surface area contributed by atoms with Crippen LogP contribution in [-0.2, 0) is 10.0 Å². The molecular weight excluding hydrogens is 376 g/mol. The van der Waals surface area contributed by atoms with Crippen LogP contribution in [0.25, 0.3) is 0 Å². The lowest BCUT2D eigenvalue weighted by molar-refractivity contribution is 0.102. The molecule has 3 rings (SSSR count). The minimum absolute atomic E-state index is 0.0506. The molecule has 0 radical (unpaired) electrons. The van der Waals surface area contributed by atoms with Gasteiger partial charge in [-0.1, -0.05) is 5.92 Å². The van der Waals surface area contributed by atoms with Gasteiger partial charge in [0.05, 0.1) is 17.1 Å². The number of rotatable bonds is 6. The summed E-state index contributed by atoms with van der Waals surface area (Å²) in [7, 11) is -3.69. The number of anilines is 2. The summed E-state index contributed by atoms with van der Waals surface area (Å²) in [6.07, 6.45) is 10.2. The Balaban J connectivity index is 1.75. The first kappa shape index (κ1) is 19.9. The molecule has 0 saturated carbocycles. The number of piperidine rings is 1. The van der Waals surface area contributed by atoms with Crippen molar-refractivity contribution in [3.63, 3.8) is 0 Å². The molecule has 1 aliphatic heterocycles. The van der Waals surface area contributed by atoms with Crippen molar-refractivity contribution in [1.29, 1.82) is 0 Å². The molecule has 1 aliphatic rings. The second-order valence-corrected chi connectivity index (χ2v) is 8.20. The molecule has 2 aromatic rings. The standard InChI is InChI=1S/C20H22N4O3S/c1-2-12-22-28(26,27)17-10-8-16(9-11-17)20(25)23-18-7-6-13-21-19(18)24-14-4-3-5-15-24/h1,6-11,13,22H,3-5,12,14-15H2,(H,23,25). The molecule has 2 heterocycles. The summed E-state index contributed by atoms with van der Waals surface area (Å²) in [6, 6.07) is 9.28. The molecule has 1 fully saturated rings. The van der Waals surface area contributed by atoms with Crippen molar-refractivity contribution in [2.75, 3.05) is 29.9 Å². The molecule has 0 bridgehead atoms. The van der Waals surface area contributed by atoms with E-state index in [0.29, 0.717) is 11.3 Å². The summed E-state index contributed by atoms with van der Waals surface area (Å²) in [6.45, 7) is 1.74. The Hall–Kier alpha value is -2.89. The average Bonchev–Trinajstić information content (AvgIpc) is 2.73. The smallest absolute Gasteiger partial charge is 0.255 e. The Morgan fingerprint density at radius 1 is 1.14 bits per heavy atom. The van der Waals surface area contributed by atoms with Gasteiger partial charge in [0, 0.05) is 24.8 Å². The molecule has 146 valence electrons. The quantitative estimate of drug-likeness (QED) is 0.728. The number of sulfonamides is 1. The highest BCUT2D eigenvalue weighted by Crippen LogP contribution is 2.26. The van der Waals surface area contributed by atoms with Crippen LogP contribution >= 0.6 is 0 Å². The summed E-state index contributed by atoms with van der Waals surface area (Å²) in [4.78, 5) is 19.3. The molecule has 2 N–H and O–H groups in total. The number of hydrogen-bond acceptors (Lipinski definition) is 5. The van der Waals surface area contributed by atoms with Gasteiger partial charge in [-0.15, -0.1) is 6.42 Å². The summed E-state index contributed by atoms with van der Waals surface area (Å²) in [5, 5.41) is 2.88. The highest BCUT2D eigenvalue weighted by atomic mass is 32.2. The molecule has 0 spiro atoms. The first-order valence-electron chi connectivity index (χ1n) is 9.06. The molecule has 0 aliphatic carbocycles. The minimum Gasteiger partial charge on any atom is -0.355 e. The number of nitrogens with zero attached hydrogens (tertiary/aromatic N) is 2. The molecule has 1 amide bonds. The fraction of sp³-hybridized carbons (Fsp3) is 0.300. The van der Waals surface area contributed by atoms with E-state index in [1.165, 1.54) is 30.7 Å². The summed E-state index contributed by atoms with van der Waals surface area (Å²) in [5.74, 6) is 2.65. The van der Waals surface area contributed by atoms with Crippen molar-refractivity contribution in [2.24, 2.45) is 0 Å². The Bertz CT molecular complexity index is 975. The average molecular weight is 398 g/mol. The number of amides is 1.